The Kier molecular flexibility index (Phi) is 4.48. The molecule has 1 unspecified atom stereocenters. The Labute approximate surface area is 72.5 Å². The van der Waals surface area contributed by atoms with Gasteiger partial charge >= 0.3 is 0 Å². The van der Waals surface area contributed by atoms with Crippen LogP contribution < -0.4 is 0 Å². The average Bonchev–Trinajstić information content (AvgIpc) is 1.90. The molecule has 1 heterocycles. The fourth-order valence-corrected chi connectivity index (χ4v) is 0.678. The molecule has 0 aliphatic rings. The van der Waals surface area contributed by atoms with Crippen LogP contribution in [-0.4, -0.2) is 37.6 Å². The zero-order chi connectivity index (χ0) is 6.69. The van der Waals surface area contributed by atoms with Crippen LogP contribution in [0.4, 0.5) is 0 Å². The second-order valence-electron chi connectivity index (χ2n) is 1.32. The van der Waals surface area contributed by atoms with Gasteiger partial charge in [-0.1, -0.05) is 0 Å². The number of hydrogen-bond acceptors (Lipinski definition) is 3. The van der Waals surface area contributed by atoms with Crippen LogP contribution in [0.15, 0.2) is 23.6 Å². The van der Waals surface area contributed by atoms with E-state index in [1.54, 1.807) is 0 Å². The largest absolute Gasteiger partial charge is 0.302 e. The van der Waals surface area contributed by atoms with E-state index in [0.29, 0.717) is 0 Å². The van der Waals surface area contributed by atoms with E-state index in [1.165, 1.54) is 18.7 Å². The molecule has 4 nitrogen and oxygen atoms in total. The van der Waals surface area contributed by atoms with Crippen molar-refractivity contribution in [2.75, 3.05) is 0 Å². The second kappa shape index (κ2) is 4.58. The van der Waals surface area contributed by atoms with Crippen molar-refractivity contribution in [3.63, 3.8) is 0 Å². The van der Waals surface area contributed by atoms with Crippen molar-refractivity contribution in [3.05, 3.63) is 18.7 Å². The Morgan fingerprint density at radius 2 is 1.90 bits per heavy atom. The predicted octanol–water partition coefficient (Wildman–Crippen LogP) is -0.324. The van der Waals surface area contributed by atoms with Gasteiger partial charge in [-0.05, 0) is 0 Å². The zero-order valence-electron chi connectivity index (χ0n) is 5.39. The molecule has 1 rings (SSSR count). The molecule has 6 heteroatoms. The molecule has 0 amide bonds. The predicted molar refractivity (Wildman–Crippen MR) is 36.8 cm³/mol. The summed E-state index contributed by atoms with van der Waals surface area (Å²) in [7, 11) is 0. The maximum absolute atomic E-state index is 10.2. The number of nitrogens with zero attached hydrogens (tertiary/aromatic N) is 2. The van der Waals surface area contributed by atoms with Gasteiger partial charge in [0.05, 0.1) is 0 Å². The Hall–Kier alpha value is -0.213. The minimum absolute atomic E-state index is 0. The summed E-state index contributed by atoms with van der Waals surface area (Å²) in [5.74, 6) is 0. The number of rotatable bonds is 1. The molecule has 0 aromatic carbocycles. The van der Waals surface area contributed by atoms with Crippen LogP contribution in [0, 0.1) is 0 Å². The first-order valence-electron chi connectivity index (χ1n) is 2.16. The average molecular weight is 151 g/mol. The first kappa shape index (κ1) is 9.79. The number of hydrogen-bond donors (Lipinski definition) is 1. The summed E-state index contributed by atoms with van der Waals surface area (Å²) in [6.45, 7) is 0. The molecule has 1 atom stereocenters. The second-order valence-corrected chi connectivity index (χ2v) is 2.29. The van der Waals surface area contributed by atoms with E-state index >= 15 is 0 Å². The number of aromatic nitrogens is 2. The summed E-state index contributed by atoms with van der Waals surface area (Å²) < 4.78 is 18.6. The summed E-state index contributed by atoms with van der Waals surface area (Å²) in [4.78, 5) is 7.30. The Bertz CT molecular complexity index is 218. The maximum atomic E-state index is 10.2. The topological polar surface area (TPSA) is 63.1 Å². The van der Waals surface area contributed by atoms with E-state index < -0.39 is 11.1 Å². The maximum Gasteiger partial charge on any atom is 0.189 e. The van der Waals surface area contributed by atoms with Crippen molar-refractivity contribution in [1.82, 2.24) is 9.97 Å². The van der Waals surface area contributed by atoms with Gasteiger partial charge in [0, 0.05) is 31.3 Å². The molecule has 0 fully saturated rings. The molecule has 0 saturated heterocycles. The van der Waals surface area contributed by atoms with Gasteiger partial charge in [0.15, 0.2) is 11.1 Å². The van der Waals surface area contributed by atoms with Crippen LogP contribution in [0.1, 0.15) is 0 Å². The molecule has 0 aliphatic heterocycles. The fourth-order valence-electron chi connectivity index (χ4n) is 0.376. The molecule has 0 saturated carbocycles. The minimum Gasteiger partial charge on any atom is -0.302 e. The quantitative estimate of drug-likeness (QED) is 0.441. The van der Waals surface area contributed by atoms with E-state index in [-0.39, 0.29) is 23.8 Å². The van der Waals surface area contributed by atoms with E-state index in [2.05, 4.69) is 9.97 Å². The van der Waals surface area contributed by atoms with Gasteiger partial charge in [-0.3, -0.25) is 0 Å². The van der Waals surface area contributed by atoms with Gasteiger partial charge in [-0.15, -0.1) is 0 Å². The van der Waals surface area contributed by atoms with Crippen LogP contribution in [0.3, 0.4) is 0 Å². The first-order valence-corrected chi connectivity index (χ1v) is 3.27. The van der Waals surface area contributed by atoms with E-state index in [4.69, 9.17) is 4.55 Å². The molecule has 0 aliphatic carbocycles. The summed E-state index contributed by atoms with van der Waals surface area (Å²) in [6, 6.07) is 0. The normalized spacial score (nSPS) is 11.7. The van der Waals surface area contributed by atoms with E-state index in [1.807, 2.05) is 0 Å². The third-order valence-corrected chi connectivity index (χ3v) is 1.35. The van der Waals surface area contributed by atoms with Crippen LogP contribution in [-0.2, 0) is 11.1 Å². The third kappa shape index (κ3) is 2.58. The van der Waals surface area contributed by atoms with Crippen molar-refractivity contribution < 1.29 is 8.76 Å². The van der Waals surface area contributed by atoms with Gasteiger partial charge in [0.1, 0.15) is 11.2 Å². The van der Waals surface area contributed by atoms with Gasteiger partial charge in [-0.2, -0.15) is 0 Å². The van der Waals surface area contributed by atoms with Crippen LogP contribution in [0.2, 0.25) is 0 Å². The van der Waals surface area contributed by atoms with Crippen molar-refractivity contribution >= 4 is 29.9 Å². The SMILES string of the molecule is O=S(O)c1cncnc1.[Li]. The van der Waals surface area contributed by atoms with Gasteiger partial charge < -0.3 is 4.55 Å². The molecule has 1 radical (unpaired) electrons. The van der Waals surface area contributed by atoms with Crippen LogP contribution in [0.5, 0.6) is 0 Å². The first-order chi connectivity index (χ1) is 4.30. The van der Waals surface area contributed by atoms with Gasteiger partial charge in [0.2, 0.25) is 0 Å². The molecular formula is C4H4LiN2O2S. The summed E-state index contributed by atoms with van der Waals surface area (Å²) in [5, 5.41) is 0. The monoisotopic (exact) mass is 151 g/mol. The molecule has 1 aromatic rings. The third-order valence-electron chi connectivity index (χ3n) is 0.739. The molecule has 1 aromatic heterocycles. The molecule has 49 valence electrons. The fraction of sp³-hybridized carbons (Fsp3) is 0. The van der Waals surface area contributed by atoms with Crippen molar-refractivity contribution in [1.29, 1.82) is 0 Å². The van der Waals surface area contributed by atoms with Crippen LogP contribution >= 0.6 is 0 Å². The standard InChI is InChI=1S/C4H4N2O2S.Li/c7-9(8)4-1-5-3-6-2-4;/h1-3H,(H,7,8);. The summed E-state index contributed by atoms with van der Waals surface area (Å²) in [5.41, 5.74) is 0. The van der Waals surface area contributed by atoms with E-state index in [0.717, 1.165) is 0 Å². The minimum atomic E-state index is -1.95. The summed E-state index contributed by atoms with van der Waals surface area (Å²) in [6.07, 6.45) is 3.89. The molecular weight excluding hydrogens is 147 g/mol. The molecule has 0 bridgehead atoms. The van der Waals surface area contributed by atoms with Gasteiger partial charge in [0.25, 0.3) is 0 Å². The molecule has 10 heavy (non-hydrogen) atoms. The Morgan fingerprint density at radius 1 is 1.40 bits per heavy atom. The van der Waals surface area contributed by atoms with Crippen molar-refractivity contribution in [2.45, 2.75) is 4.90 Å². The smallest absolute Gasteiger partial charge is 0.189 e. The van der Waals surface area contributed by atoms with Gasteiger partial charge in [-0.25, -0.2) is 14.2 Å². The Morgan fingerprint density at radius 3 is 2.20 bits per heavy atom. The van der Waals surface area contributed by atoms with E-state index in [9.17, 15) is 4.21 Å². The summed E-state index contributed by atoms with van der Waals surface area (Å²) >= 11 is -1.95. The Balaban J connectivity index is 0.000000810. The van der Waals surface area contributed by atoms with Crippen molar-refractivity contribution in [2.24, 2.45) is 0 Å². The molecule has 0 spiro atoms. The van der Waals surface area contributed by atoms with Crippen molar-refractivity contribution in [3.8, 4) is 0 Å². The molecule has 1 N–H and O–H groups in total. The zero-order valence-corrected chi connectivity index (χ0v) is 6.21. The van der Waals surface area contributed by atoms with Crippen LogP contribution in [0.25, 0.3) is 0 Å².